The number of hydrogen-bond donors (Lipinski definition) is 1. The van der Waals surface area contributed by atoms with Gasteiger partial charge in [-0.3, -0.25) is 0 Å². The zero-order valence-corrected chi connectivity index (χ0v) is 10.5. The molecule has 1 aliphatic rings. The minimum Gasteiger partial charge on any atom is -0.398 e. The van der Waals surface area contributed by atoms with Gasteiger partial charge in [0, 0.05) is 11.3 Å². The Hall–Kier alpha value is -1.50. The van der Waals surface area contributed by atoms with Crippen molar-refractivity contribution >= 4 is 11.3 Å². The van der Waals surface area contributed by atoms with E-state index >= 15 is 0 Å². The molecule has 1 nitrogen and oxygen atoms in total. The van der Waals surface area contributed by atoms with Crippen LogP contribution in [0.1, 0.15) is 37.0 Å². The standard InChI is InChI=1S/C15H19N/c1-9-7-12(4)15(13(16)8-9)14-10(2)5-6-11(14)3/h5,7-8H,6,16H2,1-4H3. The summed E-state index contributed by atoms with van der Waals surface area (Å²) in [6.07, 6.45) is 3.34. The van der Waals surface area contributed by atoms with Gasteiger partial charge in [0.15, 0.2) is 0 Å². The normalized spacial score (nSPS) is 15.6. The van der Waals surface area contributed by atoms with Gasteiger partial charge in [-0.15, -0.1) is 0 Å². The van der Waals surface area contributed by atoms with Crippen LogP contribution in [0, 0.1) is 13.8 Å². The number of nitrogen functional groups attached to an aromatic ring is 1. The highest BCUT2D eigenvalue weighted by molar-refractivity contribution is 5.90. The lowest BCUT2D eigenvalue weighted by Crippen LogP contribution is -1.99. The fraction of sp³-hybridized carbons (Fsp3) is 0.333. The van der Waals surface area contributed by atoms with Gasteiger partial charge < -0.3 is 5.73 Å². The quantitative estimate of drug-likeness (QED) is 0.701. The molecule has 0 spiro atoms. The fourth-order valence-corrected chi connectivity index (χ4v) is 2.60. The van der Waals surface area contributed by atoms with Crippen LogP contribution in [-0.2, 0) is 0 Å². The second kappa shape index (κ2) is 3.82. The summed E-state index contributed by atoms with van der Waals surface area (Å²) in [7, 11) is 0. The lowest BCUT2D eigenvalue weighted by Gasteiger charge is -2.15. The Morgan fingerprint density at radius 1 is 1.06 bits per heavy atom. The van der Waals surface area contributed by atoms with Gasteiger partial charge in [0.05, 0.1) is 0 Å². The van der Waals surface area contributed by atoms with Crippen molar-refractivity contribution in [2.24, 2.45) is 0 Å². The van der Waals surface area contributed by atoms with Crippen LogP contribution in [0.25, 0.3) is 5.57 Å². The van der Waals surface area contributed by atoms with E-state index in [1.54, 1.807) is 0 Å². The topological polar surface area (TPSA) is 26.0 Å². The third-order valence-corrected chi connectivity index (χ3v) is 3.30. The monoisotopic (exact) mass is 213 g/mol. The van der Waals surface area contributed by atoms with Crippen molar-refractivity contribution in [3.8, 4) is 0 Å². The minimum absolute atomic E-state index is 0.904. The zero-order valence-electron chi connectivity index (χ0n) is 10.5. The van der Waals surface area contributed by atoms with Crippen LogP contribution in [0.2, 0.25) is 0 Å². The molecule has 0 atom stereocenters. The van der Waals surface area contributed by atoms with E-state index in [0.29, 0.717) is 0 Å². The molecule has 0 amide bonds. The molecule has 2 N–H and O–H groups in total. The van der Waals surface area contributed by atoms with E-state index in [-0.39, 0.29) is 0 Å². The molecule has 0 unspecified atom stereocenters. The predicted octanol–water partition coefficient (Wildman–Crippen LogP) is 4.01. The van der Waals surface area contributed by atoms with E-state index in [2.05, 4.69) is 45.9 Å². The van der Waals surface area contributed by atoms with Crippen LogP contribution in [0.5, 0.6) is 0 Å². The smallest absolute Gasteiger partial charge is 0.0399 e. The van der Waals surface area contributed by atoms with E-state index in [0.717, 1.165) is 12.1 Å². The van der Waals surface area contributed by atoms with E-state index in [4.69, 9.17) is 5.73 Å². The molecule has 0 radical (unpaired) electrons. The van der Waals surface area contributed by atoms with Gasteiger partial charge in [0.2, 0.25) is 0 Å². The Morgan fingerprint density at radius 3 is 2.25 bits per heavy atom. The highest BCUT2D eigenvalue weighted by atomic mass is 14.6. The van der Waals surface area contributed by atoms with E-state index in [9.17, 15) is 0 Å². The van der Waals surface area contributed by atoms with Crippen LogP contribution in [0.4, 0.5) is 5.69 Å². The Labute approximate surface area is 97.7 Å². The number of aryl methyl sites for hydroxylation is 2. The Bertz CT molecular complexity index is 481. The highest BCUT2D eigenvalue weighted by Gasteiger charge is 2.17. The SMILES string of the molecule is CC1=CCC(C)=C1c1c(C)cc(C)cc1N. The maximum atomic E-state index is 6.17. The summed E-state index contributed by atoms with van der Waals surface area (Å²) < 4.78 is 0. The highest BCUT2D eigenvalue weighted by Crippen LogP contribution is 2.38. The zero-order chi connectivity index (χ0) is 11.9. The molecule has 84 valence electrons. The van der Waals surface area contributed by atoms with Gasteiger partial charge in [-0.2, -0.15) is 0 Å². The maximum Gasteiger partial charge on any atom is 0.0399 e. The van der Waals surface area contributed by atoms with Crippen LogP contribution in [-0.4, -0.2) is 0 Å². The lowest BCUT2D eigenvalue weighted by atomic mass is 9.92. The number of allylic oxidation sites excluding steroid dienone is 4. The molecule has 16 heavy (non-hydrogen) atoms. The second-order valence-electron chi connectivity index (χ2n) is 4.79. The molecule has 0 aliphatic heterocycles. The second-order valence-corrected chi connectivity index (χ2v) is 4.79. The summed E-state index contributed by atoms with van der Waals surface area (Å²) in [6.45, 7) is 8.60. The molecule has 0 aromatic heterocycles. The average Bonchev–Trinajstić information content (AvgIpc) is 2.47. The van der Waals surface area contributed by atoms with Gasteiger partial charge in [0.1, 0.15) is 0 Å². The maximum absolute atomic E-state index is 6.17. The van der Waals surface area contributed by atoms with Crippen molar-refractivity contribution in [3.05, 3.63) is 46.0 Å². The van der Waals surface area contributed by atoms with Crippen molar-refractivity contribution < 1.29 is 0 Å². The van der Waals surface area contributed by atoms with Crippen LogP contribution < -0.4 is 5.73 Å². The molecule has 1 aromatic carbocycles. The molecular formula is C15H19N. The average molecular weight is 213 g/mol. The molecule has 0 fully saturated rings. The Kier molecular flexibility index (Phi) is 2.63. The molecule has 1 heteroatoms. The molecule has 0 saturated carbocycles. The van der Waals surface area contributed by atoms with Crippen LogP contribution in [0.3, 0.4) is 0 Å². The molecule has 1 aromatic rings. The first-order chi connectivity index (χ1) is 7.50. The number of anilines is 1. The van der Waals surface area contributed by atoms with Crippen LogP contribution >= 0.6 is 0 Å². The number of rotatable bonds is 1. The lowest BCUT2D eigenvalue weighted by molar-refractivity contribution is 1.25. The third-order valence-electron chi connectivity index (χ3n) is 3.30. The van der Waals surface area contributed by atoms with E-state index in [1.807, 2.05) is 0 Å². The number of hydrogen-bond acceptors (Lipinski definition) is 1. The fourth-order valence-electron chi connectivity index (χ4n) is 2.60. The van der Waals surface area contributed by atoms with E-state index < -0.39 is 0 Å². The third kappa shape index (κ3) is 1.67. The first kappa shape index (κ1) is 11.0. The summed E-state index contributed by atoms with van der Waals surface area (Å²) in [5.74, 6) is 0. The molecule has 0 bridgehead atoms. The number of nitrogens with two attached hydrogens (primary N) is 1. The summed E-state index contributed by atoms with van der Waals surface area (Å²) in [5.41, 5.74) is 15.0. The van der Waals surface area contributed by atoms with E-state index in [1.165, 1.54) is 33.4 Å². The molecular weight excluding hydrogens is 194 g/mol. The summed E-state index contributed by atoms with van der Waals surface area (Å²) in [4.78, 5) is 0. The van der Waals surface area contributed by atoms with Gasteiger partial charge in [0.25, 0.3) is 0 Å². The van der Waals surface area contributed by atoms with Gasteiger partial charge in [-0.25, -0.2) is 0 Å². The first-order valence-electron chi connectivity index (χ1n) is 5.74. The van der Waals surface area contributed by atoms with Crippen molar-refractivity contribution in [3.63, 3.8) is 0 Å². The molecule has 0 heterocycles. The van der Waals surface area contributed by atoms with Crippen molar-refractivity contribution in [1.29, 1.82) is 0 Å². The van der Waals surface area contributed by atoms with Crippen molar-refractivity contribution in [1.82, 2.24) is 0 Å². The summed E-state index contributed by atoms with van der Waals surface area (Å²) in [6, 6.07) is 4.27. The minimum atomic E-state index is 0.904. The Balaban J connectivity index is 2.66. The molecule has 2 rings (SSSR count). The summed E-state index contributed by atoms with van der Waals surface area (Å²) in [5, 5.41) is 0. The predicted molar refractivity (Wildman–Crippen MR) is 71.3 cm³/mol. The largest absolute Gasteiger partial charge is 0.398 e. The van der Waals surface area contributed by atoms with Crippen molar-refractivity contribution in [2.45, 2.75) is 34.1 Å². The van der Waals surface area contributed by atoms with Crippen LogP contribution in [0.15, 0.2) is 29.4 Å². The number of benzene rings is 1. The molecule has 0 saturated heterocycles. The van der Waals surface area contributed by atoms with Crippen molar-refractivity contribution in [2.75, 3.05) is 5.73 Å². The van der Waals surface area contributed by atoms with Gasteiger partial charge in [-0.1, -0.05) is 17.7 Å². The summed E-state index contributed by atoms with van der Waals surface area (Å²) >= 11 is 0. The first-order valence-corrected chi connectivity index (χ1v) is 5.74. The van der Waals surface area contributed by atoms with Gasteiger partial charge >= 0.3 is 0 Å². The Morgan fingerprint density at radius 2 is 1.75 bits per heavy atom. The van der Waals surface area contributed by atoms with Gasteiger partial charge in [-0.05, 0) is 62.5 Å². The molecule has 1 aliphatic carbocycles.